The zero-order valence-electron chi connectivity index (χ0n) is 12.0. The minimum absolute atomic E-state index is 0.292. The molecule has 8 heteroatoms. The normalized spacial score (nSPS) is 31.2. The molecule has 1 heterocycles. The predicted octanol–water partition coefficient (Wildman–Crippen LogP) is -2.37. The van der Waals surface area contributed by atoms with Gasteiger partial charge in [-0.3, -0.25) is 0 Å². The topological polar surface area (TPSA) is 140 Å². The second kappa shape index (κ2) is 7.53. The number of carboxylic acids is 1. The summed E-state index contributed by atoms with van der Waals surface area (Å²) < 4.78 is 10.6. The number of carboxylic acid groups (broad SMARTS) is 1. The van der Waals surface area contributed by atoms with Gasteiger partial charge in [0.15, 0.2) is 0 Å². The smallest absolute Gasteiger partial charge is 0.229 e. The summed E-state index contributed by atoms with van der Waals surface area (Å²) in [4.78, 5) is 10.3. The summed E-state index contributed by atoms with van der Waals surface area (Å²) in [6.07, 6.45) is -4.56. The standard InChI is InChI=1S/C15H18O8/c16-7-10-12(19)13(20)14(21)15(23-10)22-9-4-1-8(2-5-9)3-6-11(17)18/h1-6,10,12-16,19-21H,7H2,(H,17,18)/p-1/t10-,12-,13+,14-,15-/m1/s1. The van der Waals surface area contributed by atoms with Crippen LogP contribution in [0, 0.1) is 0 Å². The fourth-order valence-corrected chi connectivity index (χ4v) is 2.12. The van der Waals surface area contributed by atoms with E-state index >= 15 is 0 Å². The summed E-state index contributed by atoms with van der Waals surface area (Å²) in [6, 6.07) is 6.16. The Morgan fingerprint density at radius 3 is 2.39 bits per heavy atom. The number of aliphatic hydroxyl groups excluding tert-OH is 4. The minimum Gasteiger partial charge on any atom is -0.545 e. The number of aliphatic hydroxyl groups is 4. The molecule has 5 atom stereocenters. The summed E-state index contributed by atoms with van der Waals surface area (Å²) in [5.41, 5.74) is 0.593. The highest BCUT2D eigenvalue weighted by Crippen LogP contribution is 2.24. The van der Waals surface area contributed by atoms with Crippen molar-refractivity contribution in [3.63, 3.8) is 0 Å². The third-order valence-electron chi connectivity index (χ3n) is 3.39. The van der Waals surface area contributed by atoms with Crippen molar-refractivity contribution in [2.24, 2.45) is 0 Å². The van der Waals surface area contributed by atoms with Gasteiger partial charge in [0.1, 0.15) is 30.2 Å². The molecule has 0 aromatic heterocycles. The van der Waals surface area contributed by atoms with Crippen LogP contribution in [0.1, 0.15) is 5.56 Å². The summed E-state index contributed by atoms with van der Waals surface area (Å²) >= 11 is 0. The molecule has 8 nitrogen and oxygen atoms in total. The molecule has 0 radical (unpaired) electrons. The summed E-state index contributed by atoms with van der Waals surface area (Å²) in [7, 11) is 0. The van der Waals surface area contributed by atoms with Gasteiger partial charge in [-0.15, -0.1) is 0 Å². The molecule has 0 saturated carbocycles. The Balaban J connectivity index is 2.04. The molecule has 1 aromatic carbocycles. The van der Waals surface area contributed by atoms with Crippen molar-refractivity contribution >= 4 is 12.0 Å². The highest BCUT2D eigenvalue weighted by Gasteiger charge is 2.44. The van der Waals surface area contributed by atoms with Gasteiger partial charge in [-0.25, -0.2) is 0 Å². The summed E-state index contributed by atoms with van der Waals surface area (Å²) in [5.74, 6) is -1.02. The second-order valence-electron chi connectivity index (χ2n) is 5.04. The third kappa shape index (κ3) is 4.27. The van der Waals surface area contributed by atoms with E-state index in [4.69, 9.17) is 14.6 Å². The largest absolute Gasteiger partial charge is 0.545 e. The molecular weight excluding hydrogens is 308 g/mol. The van der Waals surface area contributed by atoms with E-state index in [0.29, 0.717) is 11.3 Å². The molecule has 0 amide bonds. The lowest BCUT2D eigenvalue weighted by molar-refractivity contribution is -0.297. The minimum atomic E-state index is -1.52. The molecule has 1 fully saturated rings. The maximum atomic E-state index is 10.3. The van der Waals surface area contributed by atoms with Gasteiger partial charge in [0.05, 0.1) is 12.6 Å². The van der Waals surface area contributed by atoms with Crippen LogP contribution in [0.15, 0.2) is 30.3 Å². The van der Waals surface area contributed by atoms with Crippen molar-refractivity contribution in [2.45, 2.75) is 30.7 Å². The lowest BCUT2D eigenvalue weighted by Gasteiger charge is -2.39. The van der Waals surface area contributed by atoms with Gasteiger partial charge in [-0.05, 0) is 23.8 Å². The highest BCUT2D eigenvalue weighted by molar-refractivity contribution is 5.83. The van der Waals surface area contributed by atoms with E-state index in [1.807, 2.05) is 0 Å². The van der Waals surface area contributed by atoms with Crippen molar-refractivity contribution < 1.29 is 39.8 Å². The van der Waals surface area contributed by atoms with Crippen LogP contribution in [0.25, 0.3) is 6.08 Å². The number of hydrogen-bond acceptors (Lipinski definition) is 8. The van der Waals surface area contributed by atoms with Gasteiger partial charge in [0.25, 0.3) is 0 Å². The van der Waals surface area contributed by atoms with E-state index in [2.05, 4.69) is 0 Å². The van der Waals surface area contributed by atoms with Crippen LogP contribution in [0.5, 0.6) is 5.75 Å². The van der Waals surface area contributed by atoms with Crippen LogP contribution in [-0.4, -0.2) is 63.7 Å². The van der Waals surface area contributed by atoms with E-state index in [9.17, 15) is 25.2 Å². The fraction of sp³-hybridized carbons (Fsp3) is 0.400. The maximum absolute atomic E-state index is 10.3. The first-order chi connectivity index (χ1) is 10.9. The van der Waals surface area contributed by atoms with Gasteiger partial charge >= 0.3 is 0 Å². The SMILES string of the molecule is O=C([O-])C=Cc1ccc(O[C@@H]2O[C@H](CO)[C@@H](O)[C@H](O)[C@H]2O)cc1. The molecule has 1 aliphatic heterocycles. The van der Waals surface area contributed by atoms with E-state index in [0.717, 1.165) is 6.08 Å². The number of benzene rings is 1. The molecule has 4 N–H and O–H groups in total. The zero-order chi connectivity index (χ0) is 17.0. The molecule has 0 spiro atoms. The number of aliphatic carboxylic acids is 1. The van der Waals surface area contributed by atoms with Crippen molar-refractivity contribution in [3.05, 3.63) is 35.9 Å². The maximum Gasteiger partial charge on any atom is 0.229 e. The Hall–Kier alpha value is -1.97. The van der Waals surface area contributed by atoms with Crippen molar-refractivity contribution in [1.82, 2.24) is 0 Å². The number of hydrogen-bond donors (Lipinski definition) is 4. The van der Waals surface area contributed by atoms with Crippen LogP contribution < -0.4 is 9.84 Å². The third-order valence-corrected chi connectivity index (χ3v) is 3.39. The zero-order valence-corrected chi connectivity index (χ0v) is 12.0. The van der Waals surface area contributed by atoms with Gasteiger partial charge in [0.2, 0.25) is 6.29 Å². The van der Waals surface area contributed by atoms with Crippen molar-refractivity contribution in [3.8, 4) is 5.75 Å². The van der Waals surface area contributed by atoms with Crippen molar-refractivity contribution in [2.75, 3.05) is 6.61 Å². The summed E-state index contributed by atoms with van der Waals surface area (Å²) in [6.45, 7) is -0.544. The number of carbonyl (C=O) groups is 1. The van der Waals surface area contributed by atoms with Crippen LogP contribution in [0.2, 0.25) is 0 Å². The molecule has 1 saturated heterocycles. The van der Waals surface area contributed by atoms with Gasteiger partial charge in [0, 0.05) is 0 Å². The van der Waals surface area contributed by atoms with Crippen molar-refractivity contribution in [1.29, 1.82) is 0 Å². The molecule has 1 aliphatic rings. The van der Waals surface area contributed by atoms with Crippen LogP contribution >= 0.6 is 0 Å². The molecule has 23 heavy (non-hydrogen) atoms. The van der Waals surface area contributed by atoms with E-state index in [1.54, 1.807) is 12.1 Å². The first-order valence-corrected chi connectivity index (χ1v) is 6.88. The lowest BCUT2D eigenvalue weighted by Crippen LogP contribution is -2.60. The predicted molar refractivity (Wildman–Crippen MR) is 74.9 cm³/mol. The average Bonchev–Trinajstić information content (AvgIpc) is 2.54. The number of carbonyl (C=O) groups excluding carboxylic acids is 1. The lowest BCUT2D eigenvalue weighted by atomic mass is 9.99. The monoisotopic (exact) mass is 325 g/mol. The second-order valence-corrected chi connectivity index (χ2v) is 5.04. The average molecular weight is 325 g/mol. The van der Waals surface area contributed by atoms with Gasteiger partial charge in [-0.1, -0.05) is 18.2 Å². The Morgan fingerprint density at radius 2 is 1.83 bits per heavy atom. The first kappa shape index (κ1) is 17.4. The van der Waals surface area contributed by atoms with Crippen LogP contribution in [0.3, 0.4) is 0 Å². The quantitative estimate of drug-likeness (QED) is 0.440. The Bertz CT molecular complexity index is 553. The molecule has 2 rings (SSSR count). The molecular formula is C15H17O8-. The van der Waals surface area contributed by atoms with Gasteiger partial charge < -0.3 is 39.8 Å². The Morgan fingerprint density at radius 1 is 1.17 bits per heavy atom. The number of rotatable bonds is 5. The van der Waals surface area contributed by atoms with E-state index in [-0.39, 0.29) is 0 Å². The van der Waals surface area contributed by atoms with Crippen LogP contribution in [0.4, 0.5) is 0 Å². The van der Waals surface area contributed by atoms with Gasteiger partial charge in [-0.2, -0.15) is 0 Å². The highest BCUT2D eigenvalue weighted by atomic mass is 16.7. The van der Waals surface area contributed by atoms with E-state index in [1.165, 1.54) is 18.2 Å². The molecule has 0 bridgehead atoms. The van der Waals surface area contributed by atoms with E-state index < -0.39 is 43.3 Å². The molecule has 1 aromatic rings. The summed E-state index contributed by atoms with van der Waals surface area (Å²) in [5, 5.41) is 48.6. The first-order valence-electron chi connectivity index (χ1n) is 6.88. The Labute approximate surface area is 131 Å². The molecule has 0 unspecified atom stereocenters. The number of ether oxygens (including phenoxy) is 2. The Kier molecular flexibility index (Phi) is 5.69. The van der Waals surface area contributed by atoms with Crippen LogP contribution in [-0.2, 0) is 9.53 Å². The molecule has 0 aliphatic carbocycles. The molecule has 126 valence electrons. The fourth-order valence-electron chi connectivity index (χ4n) is 2.12.